The van der Waals surface area contributed by atoms with E-state index in [9.17, 15) is 24.6 Å². The molecule has 0 bridgehead atoms. The molecule has 190 valence electrons. The van der Waals surface area contributed by atoms with E-state index in [1.807, 2.05) is 20.8 Å². The molecule has 0 saturated heterocycles. The fourth-order valence-corrected chi connectivity index (χ4v) is 8.62. The highest BCUT2D eigenvalue weighted by Crippen LogP contribution is 2.72. The van der Waals surface area contributed by atoms with Gasteiger partial charge in [0.1, 0.15) is 12.3 Å². The average Bonchev–Trinajstić information content (AvgIpc) is 2.98. The summed E-state index contributed by atoms with van der Waals surface area (Å²) in [4.78, 5) is 38.3. The van der Waals surface area contributed by atoms with Crippen LogP contribution >= 0.6 is 0 Å². The van der Waals surface area contributed by atoms with Gasteiger partial charge in [-0.05, 0) is 62.9 Å². The van der Waals surface area contributed by atoms with E-state index in [1.54, 1.807) is 6.08 Å². The number of allylic oxidation sites excluding steroid dienone is 1. The number of carbonyl (C=O) groups is 3. The van der Waals surface area contributed by atoms with Gasteiger partial charge in [-0.3, -0.25) is 14.4 Å². The largest absolute Gasteiger partial charge is 0.450 e. The second kappa shape index (κ2) is 8.22. The fourth-order valence-electron chi connectivity index (χ4n) is 8.62. The summed E-state index contributed by atoms with van der Waals surface area (Å²) in [6.07, 6.45) is 2.97. The highest BCUT2D eigenvalue weighted by molar-refractivity contribution is 5.93. The Balaban J connectivity index is 1.79. The number of esters is 1. The Bertz CT molecular complexity index is 928. The first-order valence-electron chi connectivity index (χ1n) is 12.7. The van der Waals surface area contributed by atoms with E-state index in [1.165, 1.54) is 6.92 Å². The molecule has 0 radical (unpaired) electrons. The number of fused-ring (bicyclic) bond motifs is 5. The summed E-state index contributed by atoms with van der Waals surface area (Å²) in [5, 5.41) is 19.6. The topological polar surface area (TPSA) is 101 Å². The average molecular weight is 479 g/mol. The lowest BCUT2D eigenvalue weighted by molar-refractivity contribution is -0.209. The lowest BCUT2D eigenvalue weighted by Gasteiger charge is -2.63. The zero-order valence-corrected chi connectivity index (χ0v) is 21.0. The van der Waals surface area contributed by atoms with Gasteiger partial charge in [-0.25, -0.2) is 4.39 Å². The number of aliphatic hydroxyl groups is 2. The molecule has 4 aliphatic carbocycles. The summed E-state index contributed by atoms with van der Waals surface area (Å²) in [5.74, 6) is -2.07. The highest BCUT2D eigenvalue weighted by atomic mass is 19.1. The number of halogens is 1. The summed E-state index contributed by atoms with van der Waals surface area (Å²) >= 11 is 0. The number of hydrogen-bond donors (Lipinski definition) is 2. The van der Waals surface area contributed by atoms with E-state index in [2.05, 4.69) is 6.92 Å². The number of hydrogen-bond acceptors (Lipinski definition) is 6. The predicted molar refractivity (Wildman–Crippen MR) is 123 cm³/mol. The fraction of sp³-hybridized carbons (Fsp3) is 0.815. The lowest BCUT2D eigenvalue weighted by Crippen LogP contribution is -2.66. The first kappa shape index (κ1) is 25.5. The van der Waals surface area contributed by atoms with Crippen LogP contribution in [0, 0.1) is 34.5 Å². The zero-order valence-electron chi connectivity index (χ0n) is 21.0. The van der Waals surface area contributed by atoms with Crippen LogP contribution in [0.2, 0.25) is 0 Å². The van der Waals surface area contributed by atoms with Gasteiger partial charge < -0.3 is 14.9 Å². The van der Waals surface area contributed by atoms with E-state index in [0.29, 0.717) is 32.1 Å². The predicted octanol–water partition coefficient (Wildman–Crippen LogP) is 3.72. The quantitative estimate of drug-likeness (QED) is 0.584. The summed E-state index contributed by atoms with van der Waals surface area (Å²) in [5.41, 5.74) is -3.72. The molecule has 1 unspecified atom stereocenters. The molecule has 0 aromatic carbocycles. The van der Waals surface area contributed by atoms with Crippen molar-refractivity contribution >= 4 is 17.5 Å². The third kappa shape index (κ3) is 3.22. The Labute approximate surface area is 201 Å². The van der Waals surface area contributed by atoms with Crippen LogP contribution in [0.3, 0.4) is 0 Å². The molecule has 7 heteroatoms. The summed E-state index contributed by atoms with van der Waals surface area (Å²) in [7, 11) is 0. The Morgan fingerprint density at radius 1 is 1.18 bits per heavy atom. The summed E-state index contributed by atoms with van der Waals surface area (Å²) in [6.45, 7) is 8.51. The molecule has 0 heterocycles. The van der Waals surface area contributed by atoms with Gasteiger partial charge in [0, 0.05) is 23.2 Å². The van der Waals surface area contributed by atoms with E-state index in [0.717, 1.165) is 5.57 Å². The lowest BCUT2D eigenvalue weighted by atomic mass is 9.43. The maximum atomic E-state index is 17.3. The van der Waals surface area contributed by atoms with Crippen LogP contribution in [0.4, 0.5) is 4.39 Å². The molecule has 0 aliphatic heterocycles. The van der Waals surface area contributed by atoms with Gasteiger partial charge in [0.25, 0.3) is 0 Å². The minimum absolute atomic E-state index is 0.0436. The number of ether oxygens (including phenoxy) is 1. The van der Waals surface area contributed by atoms with E-state index < -0.39 is 52.5 Å². The van der Waals surface area contributed by atoms with Crippen LogP contribution in [-0.4, -0.2) is 51.7 Å². The summed E-state index contributed by atoms with van der Waals surface area (Å²) in [6, 6.07) is 0. The molecule has 0 aromatic rings. The molecule has 34 heavy (non-hydrogen) atoms. The van der Waals surface area contributed by atoms with Crippen LogP contribution in [0.25, 0.3) is 0 Å². The van der Waals surface area contributed by atoms with Crippen molar-refractivity contribution < 1.29 is 33.7 Å². The number of Topliss-reactive ketones (excluding diaryl/α,β-unsaturated/α-hetero) is 1. The molecule has 3 saturated carbocycles. The van der Waals surface area contributed by atoms with Crippen molar-refractivity contribution in [2.75, 3.05) is 6.61 Å². The Morgan fingerprint density at radius 2 is 1.85 bits per heavy atom. The van der Waals surface area contributed by atoms with Gasteiger partial charge in [-0.2, -0.15) is 0 Å². The number of aliphatic hydroxyl groups excluding tert-OH is 2. The van der Waals surface area contributed by atoms with Gasteiger partial charge in [0.05, 0.1) is 12.5 Å². The molecule has 2 N–H and O–H groups in total. The van der Waals surface area contributed by atoms with E-state index in [-0.39, 0.29) is 36.4 Å². The molecule has 4 aliphatic rings. The molecule has 4 rings (SSSR count). The van der Waals surface area contributed by atoms with Crippen molar-refractivity contribution in [3.05, 3.63) is 11.6 Å². The minimum atomic E-state index is -1.55. The second-order valence-corrected chi connectivity index (χ2v) is 12.0. The maximum Gasteiger partial charge on any atom is 0.309 e. The van der Waals surface area contributed by atoms with Crippen LogP contribution < -0.4 is 0 Å². The van der Waals surface area contributed by atoms with E-state index >= 15 is 4.39 Å². The molecule has 0 aromatic heterocycles. The second-order valence-electron chi connectivity index (χ2n) is 12.0. The van der Waals surface area contributed by atoms with Gasteiger partial charge in [-0.15, -0.1) is 0 Å². The van der Waals surface area contributed by atoms with Gasteiger partial charge in [0.15, 0.2) is 11.4 Å². The van der Waals surface area contributed by atoms with Crippen molar-refractivity contribution in [1.82, 2.24) is 0 Å². The van der Waals surface area contributed by atoms with Crippen molar-refractivity contribution in [3.8, 4) is 0 Å². The first-order chi connectivity index (χ1) is 15.8. The molecule has 6 nitrogen and oxygen atoms in total. The van der Waals surface area contributed by atoms with Crippen LogP contribution in [-0.2, 0) is 19.1 Å². The van der Waals surface area contributed by atoms with E-state index in [4.69, 9.17) is 4.74 Å². The van der Waals surface area contributed by atoms with Gasteiger partial charge in [0.2, 0.25) is 5.78 Å². The standard InChI is InChI=1S/C27H39FO6/c1-15-10-21-20-11-16(2)27(22(32)14-29,34-23(33)12-17(3)30)25(20,5)8-9-26(21,28)24(4)7-6-18(31)13-19(15)24/h13,15-17,20-21,29-30H,6-12,14H2,1-5H3/t15-,16+,17?,20-,21-,24-,25-,26+,27-/m0/s1. The monoisotopic (exact) mass is 478 g/mol. The number of rotatable bonds is 5. The van der Waals surface area contributed by atoms with Gasteiger partial charge in [-0.1, -0.05) is 33.3 Å². The third-order valence-electron chi connectivity index (χ3n) is 10.2. The SMILES string of the molecule is CC(O)CC(=O)O[C@]1(C(=O)CO)[C@H](C)C[C@H]2[C@@H]3C[C@H](C)C4=CC(=O)CC[C@]4(C)[C@@]3(F)CC[C@@]21C. The molecular formula is C27H39FO6. The zero-order chi connectivity index (χ0) is 25.3. The Hall–Kier alpha value is -1.60. The Kier molecular flexibility index (Phi) is 6.17. The molecule has 0 amide bonds. The number of ketones is 2. The summed E-state index contributed by atoms with van der Waals surface area (Å²) < 4.78 is 23.3. The van der Waals surface area contributed by atoms with Crippen molar-refractivity contribution in [3.63, 3.8) is 0 Å². The first-order valence-corrected chi connectivity index (χ1v) is 12.7. The number of alkyl halides is 1. The van der Waals surface area contributed by atoms with Crippen LogP contribution in [0.5, 0.6) is 0 Å². The maximum absolute atomic E-state index is 17.3. The normalized spacial score (nSPS) is 46.6. The molecule has 0 spiro atoms. The van der Waals surface area contributed by atoms with Crippen LogP contribution in [0.1, 0.15) is 79.6 Å². The van der Waals surface area contributed by atoms with Crippen molar-refractivity contribution in [2.24, 2.45) is 34.5 Å². The van der Waals surface area contributed by atoms with Gasteiger partial charge >= 0.3 is 5.97 Å². The molecule has 3 fully saturated rings. The highest BCUT2D eigenvalue weighted by Gasteiger charge is 2.75. The number of carbonyl (C=O) groups excluding carboxylic acids is 3. The Morgan fingerprint density at radius 3 is 2.47 bits per heavy atom. The minimum Gasteiger partial charge on any atom is -0.450 e. The molecule has 9 atom stereocenters. The van der Waals surface area contributed by atoms with Crippen LogP contribution in [0.15, 0.2) is 11.6 Å². The smallest absolute Gasteiger partial charge is 0.309 e. The van der Waals surface area contributed by atoms with Crippen molar-refractivity contribution in [2.45, 2.75) is 96.9 Å². The third-order valence-corrected chi connectivity index (χ3v) is 10.2. The molecular weight excluding hydrogens is 439 g/mol. The van der Waals surface area contributed by atoms with Crippen molar-refractivity contribution in [1.29, 1.82) is 0 Å².